The largest absolute Gasteiger partial charge is 0.691 e. The lowest BCUT2D eigenvalue weighted by molar-refractivity contribution is -0.777. The molecule has 0 aromatic rings. The van der Waals surface area contributed by atoms with Crippen LogP contribution in [0.5, 0.6) is 0 Å². The number of carbonyl (C=O) groups excluding carboxylic acids is 1. The SMILES string of the molecule is CCCCCCNC(=O)C(F)(SOO[O-])C(F)(F)F. The molecular formula is C9H14F4NO4S-. The van der Waals surface area contributed by atoms with Crippen LogP contribution in [0.15, 0.2) is 0 Å². The van der Waals surface area contributed by atoms with Gasteiger partial charge in [-0.1, -0.05) is 26.2 Å². The van der Waals surface area contributed by atoms with E-state index in [4.69, 9.17) is 0 Å². The molecule has 114 valence electrons. The molecule has 1 atom stereocenters. The Morgan fingerprint density at radius 3 is 2.37 bits per heavy atom. The Bertz CT molecular complexity index is 279. The molecule has 1 N–H and O–H groups in total. The van der Waals surface area contributed by atoms with Crippen LogP contribution in [0, 0.1) is 0 Å². The quantitative estimate of drug-likeness (QED) is 0.231. The predicted molar refractivity (Wildman–Crippen MR) is 56.8 cm³/mol. The van der Waals surface area contributed by atoms with Crippen LogP contribution in [0.4, 0.5) is 17.6 Å². The van der Waals surface area contributed by atoms with Crippen molar-refractivity contribution in [2.24, 2.45) is 0 Å². The van der Waals surface area contributed by atoms with Crippen LogP contribution in [0.1, 0.15) is 32.6 Å². The summed E-state index contributed by atoms with van der Waals surface area (Å²) in [7, 11) is 0. The second-order valence-electron chi connectivity index (χ2n) is 3.63. The van der Waals surface area contributed by atoms with Crippen molar-refractivity contribution in [3.63, 3.8) is 0 Å². The maximum Gasteiger partial charge on any atom is 0.444 e. The molecule has 0 radical (unpaired) electrons. The smallest absolute Gasteiger partial charge is 0.444 e. The first-order valence-electron chi connectivity index (χ1n) is 5.47. The number of hydrogen-bond donors (Lipinski definition) is 1. The third kappa shape index (κ3) is 5.93. The van der Waals surface area contributed by atoms with E-state index in [0.29, 0.717) is 12.8 Å². The number of amides is 1. The van der Waals surface area contributed by atoms with E-state index < -0.39 is 29.1 Å². The van der Waals surface area contributed by atoms with Crippen molar-refractivity contribution in [1.82, 2.24) is 5.32 Å². The molecule has 0 aromatic heterocycles. The van der Waals surface area contributed by atoms with E-state index in [1.165, 1.54) is 0 Å². The van der Waals surface area contributed by atoms with Gasteiger partial charge in [0, 0.05) is 6.54 Å². The number of unbranched alkanes of at least 4 members (excludes halogenated alkanes) is 3. The molecule has 0 aliphatic rings. The van der Waals surface area contributed by atoms with E-state index >= 15 is 0 Å². The van der Waals surface area contributed by atoms with Gasteiger partial charge >= 0.3 is 11.2 Å². The third-order valence-electron chi connectivity index (χ3n) is 2.15. The zero-order chi connectivity index (χ0) is 14.9. The summed E-state index contributed by atoms with van der Waals surface area (Å²) in [6.07, 6.45) is -2.64. The summed E-state index contributed by atoms with van der Waals surface area (Å²) in [5.74, 6) is -1.93. The maximum atomic E-state index is 13.5. The fourth-order valence-corrected chi connectivity index (χ4v) is 1.51. The minimum Gasteiger partial charge on any atom is -0.691 e. The van der Waals surface area contributed by atoms with Gasteiger partial charge in [0.25, 0.3) is 5.91 Å². The highest BCUT2D eigenvalue weighted by molar-refractivity contribution is 7.96. The topological polar surface area (TPSA) is 70.6 Å². The van der Waals surface area contributed by atoms with E-state index in [0.717, 1.165) is 12.8 Å². The Hall–Kier alpha value is -0.580. The highest BCUT2D eigenvalue weighted by Crippen LogP contribution is 2.43. The van der Waals surface area contributed by atoms with Crippen molar-refractivity contribution in [1.29, 1.82) is 0 Å². The minimum absolute atomic E-state index is 0.0978. The van der Waals surface area contributed by atoms with Crippen molar-refractivity contribution in [2.75, 3.05) is 6.54 Å². The Balaban J connectivity index is 4.40. The average Bonchev–Trinajstić information content (AvgIpc) is 2.33. The first-order valence-corrected chi connectivity index (χ1v) is 6.22. The van der Waals surface area contributed by atoms with Crippen LogP contribution in [0.25, 0.3) is 0 Å². The predicted octanol–water partition coefficient (Wildman–Crippen LogP) is 1.78. The van der Waals surface area contributed by atoms with Crippen LogP contribution in [0.3, 0.4) is 0 Å². The highest BCUT2D eigenvalue weighted by atomic mass is 32.2. The van der Waals surface area contributed by atoms with Gasteiger partial charge in [-0.05, 0) is 6.42 Å². The molecule has 0 rings (SSSR count). The normalized spacial score (nSPS) is 15.1. The van der Waals surface area contributed by atoms with Gasteiger partial charge in [-0.15, -0.1) is 0 Å². The molecule has 0 spiro atoms. The van der Waals surface area contributed by atoms with Crippen LogP contribution >= 0.6 is 12.0 Å². The summed E-state index contributed by atoms with van der Waals surface area (Å²) in [5.41, 5.74) is 0. The van der Waals surface area contributed by atoms with Crippen molar-refractivity contribution >= 4 is 17.9 Å². The van der Waals surface area contributed by atoms with E-state index in [1.807, 2.05) is 6.92 Å². The second-order valence-corrected chi connectivity index (χ2v) is 4.49. The Morgan fingerprint density at radius 2 is 1.89 bits per heavy atom. The maximum absolute atomic E-state index is 13.5. The molecule has 10 heteroatoms. The summed E-state index contributed by atoms with van der Waals surface area (Å²) in [4.78, 5) is 11.2. The van der Waals surface area contributed by atoms with Gasteiger partial charge in [-0.3, -0.25) is 9.83 Å². The van der Waals surface area contributed by atoms with Crippen LogP contribution in [-0.2, 0) is 14.2 Å². The van der Waals surface area contributed by atoms with Crippen LogP contribution in [-0.4, -0.2) is 23.6 Å². The van der Waals surface area contributed by atoms with Gasteiger partial charge in [0.15, 0.2) is 0 Å². The molecule has 0 heterocycles. The first-order chi connectivity index (χ1) is 8.79. The van der Waals surface area contributed by atoms with Crippen molar-refractivity contribution in [3.8, 4) is 0 Å². The molecule has 0 aliphatic heterocycles. The molecule has 19 heavy (non-hydrogen) atoms. The Labute approximate surface area is 111 Å². The fourth-order valence-electron chi connectivity index (χ4n) is 1.14. The van der Waals surface area contributed by atoms with Gasteiger partial charge < -0.3 is 10.6 Å². The zero-order valence-electron chi connectivity index (χ0n) is 10.1. The summed E-state index contributed by atoms with van der Waals surface area (Å²) in [5, 5.41) is 9.50. The van der Waals surface area contributed by atoms with E-state index in [2.05, 4.69) is 9.37 Å². The number of hydrogen-bond acceptors (Lipinski definition) is 5. The molecule has 0 bridgehead atoms. The lowest BCUT2D eigenvalue weighted by atomic mass is 10.2. The molecule has 5 nitrogen and oxygen atoms in total. The molecule has 0 saturated heterocycles. The lowest BCUT2D eigenvalue weighted by Crippen LogP contribution is -2.51. The van der Waals surface area contributed by atoms with Gasteiger partial charge in [-0.2, -0.15) is 17.5 Å². The fraction of sp³-hybridized carbons (Fsp3) is 0.889. The Morgan fingerprint density at radius 1 is 1.26 bits per heavy atom. The number of alkyl halides is 4. The number of rotatable bonds is 9. The van der Waals surface area contributed by atoms with E-state index in [9.17, 15) is 27.6 Å². The van der Waals surface area contributed by atoms with Gasteiger partial charge in [0.05, 0.1) is 12.0 Å². The Kier molecular flexibility index (Phi) is 8.30. The summed E-state index contributed by atoms with van der Waals surface area (Å²) in [6, 6.07) is 0. The van der Waals surface area contributed by atoms with E-state index in [-0.39, 0.29) is 6.54 Å². The summed E-state index contributed by atoms with van der Waals surface area (Å²) in [6.45, 7) is 1.84. The number of halogens is 4. The molecule has 1 amide bonds. The van der Waals surface area contributed by atoms with Gasteiger partial charge in [-0.25, -0.2) is 4.39 Å². The highest BCUT2D eigenvalue weighted by Gasteiger charge is 2.64. The number of nitrogens with one attached hydrogen (secondary N) is 1. The van der Waals surface area contributed by atoms with Crippen LogP contribution in [0.2, 0.25) is 0 Å². The van der Waals surface area contributed by atoms with E-state index in [1.54, 1.807) is 5.32 Å². The number of carbonyl (C=O) groups is 1. The zero-order valence-corrected chi connectivity index (χ0v) is 10.9. The molecule has 0 aromatic carbocycles. The molecule has 0 aliphatic carbocycles. The molecular weight excluding hydrogens is 294 g/mol. The third-order valence-corrected chi connectivity index (χ3v) is 2.92. The molecule has 0 saturated carbocycles. The van der Waals surface area contributed by atoms with Crippen molar-refractivity contribution < 1.29 is 37.0 Å². The van der Waals surface area contributed by atoms with Crippen molar-refractivity contribution in [3.05, 3.63) is 0 Å². The average molecular weight is 308 g/mol. The molecule has 1 unspecified atom stereocenters. The van der Waals surface area contributed by atoms with Crippen molar-refractivity contribution in [2.45, 2.75) is 43.8 Å². The summed E-state index contributed by atoms with van der Waals surface area (Å²) >= 11 is -1.03. The molecule has 0 fully saturated rings. The lowest BCUT2D eigenvalue weighted by Gasteiger charge is -2.24. The van der Waals surface area contributed by atoms with Gasteiger partial charge in [0.2, 0.25) is 0 Å². The van der Waals surface area contributed by atoms with Gasteiger partial charge in [0.1, 0.15) is 0 Å². The minimum atomic E-state index is -5.54. The van der Waals surface area contributed by atoms with Crippen LogP contribution < -0.4 is 10.6 Å². The second kappa shape index (κ2) is 8.56. The summed E-state index contributed by atoms with van der Waals surface area (Å²) < 4.78 is 54.1. The standard InChI is InChI=1S/C9H15F4NO4S/c1-2-3-4-5-6-14-7(15)8(10,9(11,12)13)19-18-17-16/h16H,2-6H2,1H3,(H,14,15)/p-1. The first kappa shape index (κ1) is 18.4. The monoisotopic (exact) mass is 308 g/mol.